The molecule has 0 aromatic heterocycles. The van der Waals surface area contributed by atoms with Crippen molar-refractivity contribution in [1.29, 1.82) is 0 Å². The van der Waals surface area contributed by atoms with Gasteiger partial charge in [0.05, 0.1) is 0 Å². The van der Waals surface area contributed by atoms with Crippen molar-refractivity contribution >= 4 is 17.9 Å². The highest BCUT2D eigenvalue weighted by atomic mass is 16.6. The van der Waals surface area contributed by atoms with Gasteiger partial charge in [0.1, 0.15) is 13.2 Å². The fourth-order valence-corrected chi connectivity index (χ4v) is 7.94. The van der Waals surface area contributed by atoms with E-state index < -0.39 is 6.10 Å². The van der Waals surface area contributed by atoms with Crippen molar-refractivity contribution in [3.63, 3.8) is 0 Å². The van der Waals surface area contributed by atoms with Crippen LogP contribution in [0.3, 0.4) is 0 Å². The van der Waals surface area contributed by atoms with Gasteiger partial charge in [0.15, 0.2) is 6.10 Å². The van der Waals surface area contributed by atoms with E-state index in [4.69, 9.17) is 14.2 Å². The predicted molar refractivity (Wildman–Crippen MR) is 284 cm³/mol. The lowest BCUT2D eigenvalue weighted by atomic mass is 10.0. The monoisotopic (exact) mass is 923 g/mol. The van der Waals surface area contributed by atoms with Crippen LogP contribution in [0.25, 0.3) is 0 Å². The number of allylic oxidation sites excluding steroid dienone is 10. The maximum atomic E-state index is 12.8. The molecule has 0 aromatic rings. The highest BCUT2D eigenvalue weighted by Gasteiger charge is 2.19. The molecule has 0 N–H and O–H groups in total. The second-order valence-electron chi connectivity index (χ2n) is 18.8. The van der Waals surface area contributed by atoms with Gasteiger partial charge in [-0.2, -0.15) is 0 Å². The molecule has 0 aromatic carbocycles. The van der Waals surface area contributed by atoms with Crippen LogP contribution in [-0.2, 0) is 28.6 Å². The highest BCUT2D eigenvalue weighted by molar-refractivity contribution is 5.71. The first-order valence-corrected chi connectivity index (χ1v) is 28.3. The molecule has 6 nitrogen and oxygen atoms in total. The van der Waals surface area contributed by atoms with Crippen molar-refractivity contribution in [3.8, 4) is 0 Å². The molecule has 0 fully saturated rings. The van der Waals surface area contributed by atoms with Crippen molar-refractivity contribution in [3.05, 3.63) is 60.8 Å². The number of unbranched alkanes of at least 4 members (excludes halogenated alkanes) is 30. The molecule has 0 amide bonds. The third-order valence-electron chi connectivity index (χ3n) is 12.2. The Morgan fingerprint density at radius 3 is 0.924 bits per heavy atom. The first-order valence-electron chi connectivity index (χ1n) is 28.3. The summed E-state index contributed by atoms with van der Waals surface area (Å²) in [4.78, 5) is 38.1. The van der Waals surface area contributed by atoms with Gasteiger partial charge < -0.3 is 14.2 Å². The topological polar surface area (TPSA) is 78.9 Å². The molecular weight excluding hydrogens is 817 g/mol. The number of ether oxygens (including phenoxy) is 3. The second kappa shape index (κ2) is 54.7. The summed E-state index contributed by atoms with van der Waals surface area (Å²) in [6.07, 6.45) is 67.7. The summed E-state index contributed by atoms with van der Waals surface area (Å²) in [5.41, 5.74) is 0. The van der Waals surface area contributed by atoms with E-state index in [9.17, 15) is 14.4 Å². The van der Waals surface area contributed by atoms with Gasteiger partial charge in [-0.1, -0.05) is 242 Å². The molecule has 0 aliphatic rings. The molecular formula is C60H106O6. The summed E-state index contributed by atoms with van der Waals surface area (Å²) in [7, 11) is 0. The van der Waals surface area contributed by atoms with Crippen LogP contribution < -0.4 is 0 Å². The fourth-order valence-electron chi connectivity index (χ4n) is 7.94. The molecule has 66 heavy (non-hydrogen) atoms. The molecule has 0 radical (unpaired) electrons. The summed E-state index contributed by atoms with van der Waals surface area (Å²) in [5, 5.41) is 0. The van der Waals surface area contributed by atoms with Gasteiger partial charge in [0.25, 0.3) is 0 Å². The minimum Gasteiger partial charge on any atom is -0.462 e. The summed E-state index contributed by atoms with van der Waals surface area (Å²) >= 11 is 0. The summed E-state index contributed by atoms with van der Waals surface area (Å²) < 4.78 is 16.8. The minimum absolute atomic E-state index is 0.0868. The van der Waals surface area contributed by atoms with Crippen molar-refractivity contribution in [1.82, 2.24) is 0 Å². The van der Waals surface area contributed by atoms with Crippen LogP contribution in [0.1, 0.15) is 284 Å². The van der Waals surface area contributed by atoms with Gasteiger partial charge >= 0.3 is 17.9 Å². The van der Waals surface area contributed by atoms with Crippen molar-refractivity contribution in [2.24, 2.45) is 0 Å². The number of rotatable bonds is 51. The lowest BCUT2D eigenvalue weighted by Crippen LogP contribution is -2.30. The molecule has 0 unspecified atom stereocenters. The predicted octanol–water partition coefficient (Wildman–Crippen LogP) is 18.8. The van der Waals surface area contributed by atoms with Gasteiger partial charge in [-0.05, 0) is 83.5 Å². The molecule has 0 heterocycles. The molecule has 0 rings (SSSR count). The van der Waals surface area contributed by atoms with E-state index in [0.29, 0.717) is 19.3 Å². The van der Waals surface area contributed by atoms with Crippen LogP contribution in [0.5, 0.6) is 0 Å². The number of esters is 3. The maximum Gasteiger partial charge on any atom is 0.306 e. The Labute approximate surface area is 409 Å². The molecule has 0 aliphatic heterocycles. The third-order valence-corrected chi connectivity index (χ3v) is 12.2. The van der Waals surface area contributed by atoms with Crippen LogP contribution >= 0.6 is 0 Å². The fraction of sp³-hybridized carbons (Fsp3) is 0.783. The molecule has 0 saturated heterocycles. The van der Waals surface area contributed by atoms with E-state index >= 15 is 0 Å². The van der Waals surface area contributed by atoms with Gasteiger partial charge in [0.2, 0.25) is 0 Å². The quantitative estimate of drug-likeness (QED) is 0.0262. The highest BCUT2D eigenvalue weighted by Crippen LogP contribution is 2.16. The Hall–Kier alpha value is -2.89. The second-order valence-corrected chi connectivity index (χ2v) is 18.8. The van der Waals surface area contributed by atoms with Gasteiger partial charge in [-0.25, -0.2) is 0 Å². The third kappa shape index (κ3) is 52.1. The molecule has 0 spiro atoms. The molecule has 0 saturated carbocycles. The zero-order valence-corrected chi connectivity index (χ0v) is 43.7. The van der Waals surface area contributed by atoms with Crippen LogP contribution in [0.15, 0.2) is 60.8 Å². The Balaban J connectivity index is 4.41. The smallest absolute Gasteiger partial charge is 0.306 e. The van der Waals surface area contributed by atoms with Crippen molar-refractivity contribution in [2.45, 2.75) is 290 Å². The zero-order valence-electron chi connectivity index (χ0n) is 43.7. The lowest BCUT2D eigenvalue weighted by molar-refractivity contribution is -0.167. The van der Waals surface area contributed by atoms with Gasteiger partial charge in [0, 0.05) is 19.3 Å². The van der Waals surface area contributed by atoms with E-state index in [-0.39, 0.29) is 31.1 Å². The van der Waals surface area contributed by atoms with Crippen LogP contribution in [-0.4, -0.2) is 37.2 Å². The Kier molecular flexibility index (Phi) is 52.3. The summed E-state index contributed by atoms with van der Waals surface area (Å²) in [5.74, 6) is -0.910. The Morgan fingerprint density at radius 1 is 0.303 bits per heavy atom. The van der Waals surface area contributed by atoms with E-state index in [1.165, 1.54) is 141 Å². The number of hydrogen-bond donors (Lipinski definition) is 0. The first kappa shape index (κ1) is 63.1. The van der Waals surface area contributed by atoms with Crippen LogP contribution in [0.2, 0.25) is 0 Å². The largest absolute Gasteiger partial charge is 0.462 e. The van der Waals surface area contributed by atoms with E-state index in [1.807, 2.05) is 0 Å². The number of carbonyl (C=O) groups excluding carboxylic acids is 3. The van der Waals surface area contributed by atoms with Crippen molar-refractivity contribution in [2.75, 3.05) is 13.2 Å². The zero-order chi connectivity index (χ0) is 47.9. The number of hydrogen-bond acceptors (Lipinski definition) is 6. The molecule has 0 aliphatic carbocycles. The average molecular weight is 924 g/mol. The van der Waals surface area contributed by atoms with Gasteiger partial charge in [-0.15, -0.1) is 0 Å². The number of carbonyl (C=O) groups is 3. The Morgan fingerprint density at radius 2 is 0.561 bits per heavy atom. The molecule has 0 bridgehead atoms. The summed E-state index contributed by atoms with van der Waals surface area (Å²) in [6, 6.07) is 0. The molecule has 6 heteroatoms. The maximum absolute atomic E-state index is 12.8. The normalized spacial score (nSPS) is 12.5. The van der Waals surface area contributed by atoms with E-state index in [1.54, 1.807) is 0 Å². The lowest BCUT2D eigenvalue weighted by Gasteiger charge is -2.18. The summed E-state index contributed by atoms with van der Waals surface area (Å²) in [6.45, 7) is 6.57. The SMILES string of the molecule is CCCC/C=C\C/C=C\CCCCCCCC(=O)OC[C@H](COC(=O)CCCCCC/C=C\C/C=C\C/C=C\CCCCC)OC(=O)CCCCCCCCCCCCCCCCCCC. The van der Waals surface area contributed by atoms with E-state index in [0.717, 1.165) is 103 Å². The van der Waals surface area contributed by atoms with Crippen molar-refractivity contribution < 1.29 is 28.6 Å². The standard InChI is InChI=1S/C60H106O6/c1-4-7-10-13-16-19-22-25-28-30-32-35-38-41-44-47-50-53-59(62)65-56-57(55-64-58(61)52-49-46-43-40-37-34-27-24-21-18-15-12-9-6-3)66-60(63)54-51-48-45-42-39-36-33-31-29-26-23-20-17-14-11-8-5-2/h15-16,18-19,24-25,27-28,32,35,57H,4-14,17,20-23,26,29-31,33-34,36-56H2,1-3H3/b18-15-,19-16-,27-24-,28-25-,35-32-/t57-/m1/s1. The first-order chi connectivity index (χ1) is 32.5. The van der Waals surface area contributed by atoms with E-state index in [2.05, 4.69) is 81.5 Å². The molecule has 1 atom stereocenters. The average Bonchev–Trinajstić information content (AvgIpc) is 3.31. The molecule has 382 valence electrons. The van der Waals surface area contributed by atoms with Crippen LogP contribution in [0, 0.1) is 0 Å². The minimum atomic E-state index is -0.787. The van der Waals surface area contributed by atoms with Gasteiger partial charge in [-0.3, -0.25) is 14.4 Å². The Bertz CT molecular complexity index is 1200. The van der Waals surface area contributed by atoms with Crippen LogP contribution in [0.4, 0.5) is 0 Å².